The second-order valence-electron chi connectivity index (χ2n) is 4.29. The maximum atomic E-state index is 5.93. The van der Waals surface area contributed by atoms with Gasteiger partial charge >= 0.3 is 0 Å². The molecule has 5 heteroatoms. The van der Waals surface area contributed by atoms with Gasteiger partial charge in [0.15, 0.2) is 12.2 Å². The van der Waals surface area contributed by atoms with Crippen molar-refractivity contribution < 1.29 is 4.42 Å². The van der Waals surface area contributed by atoms with Gasteiger partial charge in [0.25, 0.3) is 0 Å². The Morgan fingerprint density at radius 3 is 2.89 bits per heavy atom. The molecule has 0 radical (unpaired) electrons. The molecule has 1 aromatic carbocycles. The minimum Gasteiger partial charge on any atom is -0.443 e. The van der Waals surface area contributed by atoms with Gasteiger partial charge in [0, 0.05) is 27.6 Å². The Bertz CT molecular complexity index is 540. The molecule has 0 amide bonds. The van der Waals surface area contributed by atoms with E-state index in [2.05, 4.69) is 40.1 Å². The highest BCUT2D eigenvalue weighted by molar-refractivity contribution is 9.10. The van der Waals surface area contributed by atoms with Crippen LogP contribution in [0.1, 0.15) is 19.5 Å². The number of halogens is 2. The zero-order valence-corrected chi connectivity index (χ0v) is 12.5. The molecular weight excluding hydrogens is 316 g/mol. The third-order valence-electron chi connectivity index (χ3n) is 2.49. The average molecular weight is 330 g/mol. The molecule has 0 fully saturated rings. The van der Waals surface area contributed by atoms with Gasteiger partial charge in [-0.2, -0.15) is 0 Å². The van der Waals surface area contributed by atoms with E-state index in [1.54, 1.807) is 0 Å². The van der Waals surface area contributed by atoms with Crippen LogP contribution in [0.4, 0.5) is 0 Å². The number of nitrogens with one attached hydrogen (secondary N) is 1. The van der Waals surface area contributed by atoms with Crippen molar-refractivity contribution in [3.63, 3.8) is 0 Å². The molecule has 96 valence electrons. The van der Waals surface area contributed by atoms with Crippen molar-refractivity contribution in [1.29, 1.82) is 0 Å². The zero-order chi connectivity index (χ0) is 13.1. The Kier molecular flexibility index (Phi) is 4.43. The summed E-state index contributed by atoms with van der Waals surface area (Å²) in [5.74, 6) is 0.770. The lowest BCUT2D eigenvalue weighted by Gasteiger charge is -2.08. The summed E-state index contributed by atoms with van der Waals surface area (Å²) in [7, 11) is 0. The lowest BCUT2D eigenvalue weighted by Crippen LogP contribution is -2.22. The van der Waals surface area contributed by atoms with Crippen molar-refractivity contribution in [1.82, 2.24) is 10.3 Å². The number of nitrogens with zero attached hydrogens (tertiary/aromatic N) is 1. The van der Waals surface area contributed by atoms with Gasteiger partial charge in [-0.3, -0.25) is 0 Å². The molecule has 0 spiro atoms. The lowest BCUT2D eigenvalue weighted by atomic mass is 10.1. The first-order valence-corrected chi connectivity index (χ1v) is 6.86. The summed E-state index contributed by atoms with van der Waals surface area (Å²) in [6.45, 7) is 4.87. The van der Waals surface area contributed by atoms with Crippen molar-refractivity contribution in [2.45, 2.75) is 26.4 Å². The van der Waals surface area contributed by atoms with Crippen molar-refractivity contribution in [3.8, 4) is 11.3 Å². The highest BCUT2D eigenvalue weighted by Gasteiger charge is 2.14. The maximum absolute atomic E-state index is 5.93. The van der Waals surface area contributed by atoms with Gasteiger partial charge in [-0.05, 0) is 34.1 Å². The predicted octanol–water partition coefficient (Wildman–Crippen LogP) is 4.26. The van der Waals surface area contributed by atoms with E-state index in [1.807, 2.05) is 18.2 Å². The van der Waals surface area contributed by atoms with Crippen LogP contribution in [0, 0.1) is 0 Å². The number of aromatic nitrogens is 1. The molecule has 0 saturated heterocycles. The molecule has 1 aromatic heterocycles. The summed E-state index contributed by atoms with van der Waals surface area (Å²) in [6, 6.07) is 6.01. The van der Waals surface area contributed by atoms with Crippen LogP contribution in [-0.2, 0) is 6.54 Å². The smallest absolute Gasteiger partial charge is 0.181 e. The molecule has 18 heavy (non-hydrogen) atoms. The quantitative estimate of drug-likeness (QED) is 0.911. The van der Waals surface area contributed by atoms with Crippen molar-refractivity contribution in [2.75, 3.05) is 0 Å². The third kappa shape index (κ3) is 3.13. The van der Waals surface area contributed by atoms with Crippen LogP contribution in [0.2, 0.25) is 5.02 Å². The van der Waals surface area contributed by atoms with Crippen LogP contribution in [0.15, 0.2) is 33.5 Å². The molecule has 0 saturated carbocycles. The monoisotopic (exact) mass is 328 g/mol. The summed E-state index contributed by atoms with van der Waals surface area (Å²) < 4.78 is 6.38. The molecule has 0 bridgehead atoms. The molecule has 0 atom stereocenters. The standard InChI is InChI=1S/C13H14BrClN2O/c1-8(2)16-6-12-13(18-7-17-12)10-4-3-9(15)5-11(10)14/h3-5,7-8,16H,6H2,1-2H3. The summed E-state index contributed by atoms with van der Waals surface area (Å²) in [5, 5.41) is 4.01. The molecule has 0 aliphatic heterocycles. The van der Waals surface area contributed by atoms with Crippen LogP contribution in [0.25, 0.3) is 11.3 Å². The van der Waals surface area contributed by atoms with Crippen LogP contribution in [0.5, 0.6) is 0 Å². The molecule has 0 aliphatic rings. The zero-order valence-electron chi connectivity index (χ0n) is 10.2. The minimum absolute atomic E-state index is 0.406. The molecule has 0 aliphatic carbocycles. The highest BCUT2D eigenvalue weighted by Crippen LogP contribution is 2.32. The first-order chi connectivity index (χ1) is 8.58. The van der Waals surface area contributed by atoms with Gasteiger partial charge in [-0.25, -0.2) is 4.98 Å². The van der Waals surface area contributed by atoms with Gasteiger partial charge < -0.3 is 9.73 Å². The Labute approximate surface area is 120 Å². The van der Waals surface area contributed by atoms with Crippen molar-refractivity contribution >= 4 is 27.5 Å². The van der Waals surface area contributed by atoms with Gasteiger partial charge in [0.2, 0.25) is 0 Å². The van der Waals surface area contributed by atoms with Crippen LogP contribution in [0.3, 0.4) is 0 Å². The SMILES string of the molecule is CC(C)NCc1ncoc1-c1ccc(Cl)cc1Br. The second-order valence-corrected chi connectivity index (χ2v) is 5.58. The number of rotatable bonds is 4. The summed E-state index contributed by atoms with van der Waals surface area (Å²) >= 11 is 9.42. The van der Waals surface area contributed by atoms with E-state index in [0.29, 0.717) is 17.6 Å². The Morgan fingerprint density at radius 1 is 1.44 bits per heavy atom. The Hall–Kier alpha value is -0.840. The van der Waals surface area contributed by atoms with E-state index in [0.717, 1.165) is 21.5 Å². The molecule has 1 heterocycles. The summed E-state index contributed by atoms with van der Waals surface area (Å²) in [5.41, 5.74) is 1.85. The van der Waals surface area contributed by atoms with E-state index < -0.39 is 0 Å². The molecule has 2 aromatic rings. The summed E-state index contributed by atoms with van der Waals surface area (Å²) in [4.78, 5) is 4.25. The van der Waals surface area contributed by atoms with Gasteiger partial charge in [0.05, 0.1) is 0 Å². The number of oxazole rings is 1. The maximum Gasteiger partial charge on any atom is 0.181 e. The lowest BCUT2D eigenvalue weighted by molar-refractivity contribution is 0.562. The molecule has 2 rings (SSSR count). The fourth-order valence-electron chi connectivity index (χ4n) is 1.59. The minimum atomic E-state index is 0.406. The van der Waals surface area contributed by atoms with E-state index in [9.17, 15) is 0 Å². The highest BCUT2D eigenvalue weighted by atomic mass is 79.9. The Morgan fingerprint density at radius 2 is 2.22 bits per heavy atom. The van der Waals surface area contributed by atoms with Crippen molar-refractivity contribution in [2.24, 2.45) is 0 Å². The summed E-state index contributed by atoms with van der Waals surface area (Å²) in [6.07, 6.45) is 1.47. The largest absolute Gasteiger partial charge is 0.443 e. The van der Waals surface area contributed by atoms with Crippen molar-refractivity contribution in [3.05, 3.63) is 39.8 Å². The predicted molar refractivity (Wildman–Crippen MR) is 76.6 cm³/mol. The van der Waals surface area contributed by atoms with Gasteiger partial charge in [-0.15, -0.1) is 0 Å². The first kappa shape index (κ1) is 13.6. The molecular formula is C13H14BrClN2O. The molecule has 0 unspecified atom stereocenters. The van der Waals surface area contributed by atoms with Gasteiger partial charge in [0.1, 0.15) is 5.69 Å². The third-order valence-corrected chi connectivity index (χ3v) is 3.39. The van der Waals surface area contributed by atoms with Crippen LogP contribution in [-0.4, -0.2) is 11.0 Å². The van der Waals surface area contributed by atoms with E-state index in [-0.39, 0.29) is 0 Å². The fourth-order valence-corrected chi connectivity index (χ4v) is 2.45. The van der Waals surface area contributed by atoms with E-state index >= 15 is 0 Å². The number of benzene rings is 1. The molecule has 3 nitrogen and oxygen atoms in total. The van der Waals surface area contributed by atoms with E-state index in [4.69, 9.17) is 16.0 Å². The normalized spacial score (nSPS) is 11.2. The topological polar surface area (TPSA) is 38.1 Å². The second kappa shape index (κ2) is 5.87. The number of hydrogen-bond donors (Lipinski definition) is 1. The van der Waals surface area contributed by atoms with Gasteiger partial charge in [-0.1, -0.05) is 25.4 Å². The first-order valence-electron chi connectivity index (χ1n) is 5.69. The van der Waals surface area contributed by atoms with Crippen LogP contribution < -0.4 is 5.32 Å². The number of hydrogen-bond acceptors (Lipinski definition) is 3. The van der Waals surface area contributed by atoms with E-state index in [1.165, 1.54) is 6.39 Å². The fraction of sp³-hybridized carbons (Fsp3) is 0.308. The Balaban J connectivity index is 2.30. The average Bonchev–Trinajstić information content (AvgIpc) is 2.74. The molecule has 1 N–H and O–H groups in total. The van der Waals surface area contributed by atoms with Crippen LogP contribution >= 0.6 is 27.5 Å².